The van der Waals surface area contributed by atoms with Gasteiger partial charge in [0, 0.05) is 25.3 Å². The quantitative estimate of drug-likeness (QED) is 0.546. The van der Waals surface area contributed by atoms with Crippen LogP contribution in [0.3, 0.4) is 0 Å². The van der Waals surface area contributed by atoms with Gasteiger partial charge in [-0.05, 0) is 35.7 Å². The van der Waals surface area contributed by atoms with E-state index in [9.17, 15) is 9.59 Å². The van der Waals surface area contributed by atoms with Crippen LogP contribution in [-0.4, -0.2) is 38.2 Å². The number of hydrazone groups is 1. The third-order valence-corrected chi connectivity index (χ3v) is 4.62. The lowest BCUT2D eigenvalue weighted by molar-refractivity contribution is -0.124. The fourth-order valence-corrected chi connectivity index (χ4v) is 2.61. The molecule has 148 valence electrons. The van der Waals surface area contributed by atoms with Crippen LogP contribution in [0.4, 0.5) is 5.69 Å². The van der Waals surface area contributed by atoms with Gasteiger partial charge in [-0.1, -0.05) is 50.6 Å². The second-order valence-electron chi connectivity index (χ2n) is 6.92. The van der Waals surface area contributed by atoms with Gasteiger partial charge in [-0.2, -0.15) is 5.10 Å². The standard InChI is InChI=1S/C22H28N4O2/c1-5-16(2)20(24-21(27)18-9-7-6-8-10-18)22(28)25-23-15-17-11-13-19(14-12-17)26(3)4/h6-16,20H,5H2,1-4H3,(H,24,27)(H,25,28)/b23-15+/t16?,20-/m1/s1. The predicted molar refractivity (Wildman–Crippen MR) is 114 cm³/mol. The van der Waals surface area contributed by atoms with Gasteiger partial charge in [0.25, 0.3) is 11.8 Å². The smallest absolute Gasteiger partial charge is 0.262 e. The van der Waals surface area contributed by atoms with Gasteiger partial charge in [0.05, 0.1) is 6.21 Å². The molecule has 0 saturated heterocycles. The van der Waals surface area contributed by atoms with Crippen molar-refractivity contribution in [2.24, 2.45) is 11.0 Å². The van der Waals surface area contributed by atoms with Gasteiger partial charge in [0.1, 0.15) is 6.04 Å². The van der Waals surface area contributed by atoms with Gasteiger partial charge < -0.3 is 10.2 Å². The zero-order chi connectivity index (χ0) is 20.5. The monoisotopic (exact) mass is 380 g/mol. The lowest BCUT2D eigenvalue weighted by Gasteiger charge is -2.22. The Morgan fingerprint density at radius 3 is 2.29 bits per heavy atom. The Morgan fingerprint density at radius 2 is 1.71 bits per heavy atom. The summed E-state index contributed by atoms with van der Waals surface area (Å²) < 4.78 is 0. The molecule has 2 rings (SSSR count). The van der Waals surface area contributed by atoms with Crippen molar-refractivity contribution in [3.63, 3.8) is 0 Å². The van der Waals surface area contributed by atoms with Crippen molar-refractivity contribution < 1.29 is 9.59 Å². The van der Waals surface area contributed by atoms with Crippen LogP contribution in [0.15, 0.2) is 59.7 Å². The molecule has 2 aromatic rings. The predicted octanol–water partition coefficient (Wildman–Crippen LogP) is 3.05. The van der Waals surface area contributed by atoms with Crippen molar-refractivity contribution in [1.29, 1.82) is 0 Å². The van der Waals surface area contributed by atoms with Crippen LogP contribution in [0.1, 0.15) is 36.2 Å². The first kappa shape index (κ1) is 21.2. The maximum absolute atomic E-state index is 12.6. The summed E-state index contributed by atoms with van der Waals surface area (Å²) in [5.41, 5.74) is 5.03. The Labute approximate surface area is 166 Å². The summed E-state index contributed by atoms with van der Waals surface area (Å²) >= 11 is 0. The van der Waals surface area contributed by atoms with Gasteiger partial charge in [-0.3, -0.25) is 9.59 Å². The minimum atomic E-state index is -0.661. The number of nitrogens with one attached hydrogen (secondary N) is 2. The molecule has 2 N–H and O–H groups in total. The molecule has 0 aliphatic rings. The van der Waals surface area contributed by atoms with Crippen molar-refractivity contribution in [3.05, 3.63) is 65.7 Å². The summed E-state index contributed by atoms with van der Waals surface area (Å²) in [4.78, 5) is 27.0. The lowest BCUT2D eigenvalue weighted by atomic mass is 9.98. The number of nitrogens with zero attached hydrogens (tertiary/aromatic N) is 2. The van der Waals surface area contributed by atoms with Crippen molar-refractivity contribution in [2.75, 3.05) is 19.0 Å². The van der Waals surface area contributed by atoms with E-state index >= 15 is 0 Å². The van der Waals surface area contributed by atoms with Crippen molar-refractivity contribution in [2.45, 2.75) is 26.3 Å². The molecule has 0 spiro atoms. The molecule has 0 aromatic heterocycles. The van der Waals surface area contributed by atoms with E-state index in [0.29, 0.717) is 5.56 Å². The maximum atomic E-state index is 12.6. The lowest BCUT2D eigenvalue weighted by Crippen LogP contribution is -2.49. The highest BCUT2D eigenvalue weighted by atomic mass is 16.2. The third kappa shape index (κ3) is 5.94. The fourth-order valence-electron chi connectivity index (χ4n) is 2.61. The molecule has 0 aliphatic heterocycles. The Morgan fingerprint density at radius 1 is 1.07 bits per heavy atom. The summed E-state index contributed by atoms with van der Waals surface area (Å²) in [6, 6.07) is 16.0. The zero-order valence-electron chi connectivity index (χ0n) is 16.8. The summed E-state index contributed by atoms with van der Waals surface area (Å²) in [6.07, 6.45) is 2.34. The van der Waals surface area contributed by atoms with Crippen LogP contribution >= 0.6 is 0 Å². The first-order chi connectivity index (χ1) is 13.4. The first-order valence-corrected chi connectivity index (χ1v) is 9.38. The topological polar surface area (TPSA) is 73.8 Å². The molecule has 6 heteroatoms. The maximum Gasteiger partial charge on any atom is 0.262 e. The normalized spacial score (nSPS) is 13.0. The second kappa shape index (κ2) is 10.3. The molecular weight excluding hydrogens is 352 g/mol. The number of anilines is 1. The Hall–Kier alpha value is -3.15. The number of carbonyl (C=O) groups is 2. The van der Waals surface area contributed by atoms with E-state index in [1.807, 2.05) is 63.2 Å². The van der Waals surface area contributed by atoms with E-state index < -0.39 is 6.04 Å². The van der Waals surface area contributed by atoms with Crippen LogP contribution in [0.25, 0.3) is 0 Å². The highest BCUT2D eigenvalue weighted by Gasteiger charge is 2.26. The summed E-state index contributed by atoms with van der Waals surface area (Å²) in [5.74, 6) is -0.633. The minimum absolute atomic E-state index is 0.0257. The molecule has 0 bridgehead atoms. The molecule has 0 heterocycles. The molecule has 2 atom stereocenters. The Kier molecular flexibility index (Phi) is 7.75. The molecule has 0 radical (unpaired) electrons. The van der Waals surface area contributed by atoms with Gasteiger partial charge in [-0.25, -0.2) is 5.43 Å². The molecule has 0 fully saturated rings. The van der Waals surface area contributed by atoms with Gasteiger partial charge in [-0.15, -0.1) is 0 Å². The number of benzene rings is 2. The van der Waals surface area contributed by atoms with E-state index in [1.165, 1.54) is 0 Å². The molecule has 2 aromatic carbocycles. The largest absolute Gasteiger partial charge is 0.378 e. The zero-order valence-corrected chi connectivity index (χ0v) is 16.8. The van der Waals surface area contributed by atoms with Crippen LogP contribution in [0.2, 0.25) is 0 Å². The Balaban J connectivity index is 2.01. The van der Waals surface area contributed by atoms with E-state index in [1.54, 1.807) is 30.5 Å². The summed E-state index contributed by atoms with van der Waals surface area (Å²) in [6.45, 7) is 3.91. The number of amides is 2. The summed E-state index contributed by atoms with van der Waals surface area (Å²) in [5, 5.41) is 6.87. The number of rotatable bonds is 8. The van der Waals surface area contributed by atoms with E-state index in [2.05, 4.69) is 15.8 Å². The first-order valence-electron chi connectivity index (χ1n) is 9.38. The van der Waals surface area contributed by atoms with Crippen LogP contribution in [-0.2, 0) is 4.79 Å². The Bertz CT molecular complexity index is 801. The summed E-state index contributed by atoms with van der Waals surface area (Å²) in [7, 11) is 3.95. The van der Waals surface area contributed by atoms with Crippen LogP contribution < -0.4 is 15.6 Å². The van der Waals surface area contributed by atoms with Crippen LogP contribution in [0.5, 0.6) is 0 Å². The van der Waals surface area contributed by atoms with Crippen molar-refractivity contribution >= 4 is 23.7 Å². The molecule has 0 aliphatic carbocycles. The van der Waals surface area contributed by atoms with Crippen molar-refractivity contribution in [1.82, 2.24) is 10.7 Å². The van der Waals surface area contributed by atoms with Gasteiger partial charge >= 0.3 is 0 Å². The fraction of sp³-hybridized carbons (Fsp3) is 0.318. The molecule has 28 heavy (non-hydrogen) atoms. The second-order valence-corrected chi connectivity index (χ2v) is 6.92. The molecule has 2 amide bonds. The molecule has 0 saturated carbocycles. The average molecular weight is 380 g/mol. The SMILES string of the molecule is CCC(C)[C@@H](NC(=O)c1ccccc1)C(=O)N/N=C/c1ccc(N(C)C)cc1. The molecular formula is C22H28N4O2. The molecule has 6 nitrogen and oxygen atoms in total. The van der Waals surface area contributed by atoms with Crippen molar-refractivity contribution in [3.8, 4) is 0 Å². The van der Waals surface area contributed by atoms with E-state index in [-0.39, 0.29) is 17.7 Å². The number of hydrogen-bond acceptors (Lipinski definition) is 4. The number of hydrogen-bond donors (Lipinski definition) is 2. The van der Waals surface area contributed by atoms with Gasteiger partial charge in [0.15, 0.2) is 0 Å². The number of carbonyl (C=O) groups excluding carboxylic acids is 2. The van der Waals surface area contributed by atoms with E-state index in [4.69, 9.17) is 0 Å². The van der Waals surface area contributed by atoms with Crippen LogP contribution in [0, 0.1) is 5.92 Å². The molecule has 1 unspecified atom stereocenters. The highest BCUT2D eigenvalue weighted by molar-refractivity contribution is 5.97. The van der Waals surface area contributed by atoms with E-state index in [0.717, 1.165) is 17.7 Å². The minimum Gasteiger partial charge on any atom is -0.378 e. The third-order valence-electron chi connectivity index (χ3n) is 4.62. The van der Waals surface area contributed by atoms with Gasteiger partial charge in [0.2, 0.25) is 0 Å². The average Bonchev–Trinajstić information content (AvgIpc) is 2.72. The highest BCUT2D eigenvalue weighted by Crippen LogP contribution is 2.11.